The summed E-state index contributed by atoms with van der Waals surface area (Å²) in [5.41, 5.74) is 4.57. The smallest absolute Gasteiger partial charge is 0.263 e. The molecule has 1 aliphatic heterocycles. The highest BCUT2D eigenvalue weighted by Crippen LogP contribution is 2.25. The Hall–Kier alpha value is -2.67. The molecule has 0 spiro atoms. The Balaban J connectivity index is 1.29. The van der Waals surface area contributed by atoms with Gasteiger partial charge in [-0.25, -0.2) is 8.42 Å². The highest BCUT2D eigenvalue weighted by Gasteiger charge is 2.29. The third kappa shape index (κ3) is 4.41. The monoisotopic (exact) mass is 425 g/mol. The molecule has 0 fully saturated rings. The first-order valence-electron chi connectivity index (χ1n) is 10.5. The number of benzene rings is 2. The van der Waals surface area contributed by atoms with Crippen LogP contribution in [0.15, 0.2) is 52.4 Å². The molecule has 0 saturated carbocycles. The zero-order chi connectivity index (χ0) is 21.1. The van der Waals surface area contributed by atoms with Gasteiger partial charge in [0, 0.05) is 18.5 Å². The fraction of sp³-hybridized carbons (Fsp3) is 0.391. The van der Waals surface area contributed by atoms with Gasteiger partial charge >= 0.3 is 0 Å². The molecule has 1 atom stereocenters. The van der Waals surface area contributed by atoms with E-state index in [1.54, 1.807) is 24.3 Å². The summed E-state index contributed by atoms with van der Waals surface area (Å²) in [5, 5.41) is 3.06. The van der Waals surface area contributed by atoms with Crippen LogP contribution in [0.1, 0.15) is 60.9 Å². The first-order chi connectivity index (χ1) is 14.4. The van der Waals surface area contributed by atoms with Gasteiger partial charge in [0.15, 0.2) is 0 Å². The van der Waals surface area contributed by atoms with Gasteiger partial charge in [0.05, 0.1) is 10.9 Å². The summed E-state index contributed by atoms with van der Waals surface area (Å²) in [6, 6.07) is 13.3. The standard InChI is InChI=1S/C23H27N3O3S/c1-16(18-13-12-17-7-2-3-8-19(17)15-18)25-22(27)11-6-14-24-23-20-9-4-5-10-21(20)30(28,29)26-23/h4-5,9-10,12-13,15-16H,2-3,6-8,11,14H2,1H3,(H,24,26)(H,25,27)/t16-/m1/s1. The van der Waals surface area contributed by atoms with Crippen LogP contribution in [0.2, 0.25) is 0 Å². The van der Waals surface area contributed by atoms with Crippen molar-refractivity contribution in [1.82, 2.24) is 10.0 Å². The molecule has 158 valence electrons. The molecule has 0 bridgehead atoms. The number of aryl methyl sites for hydroxylation is 2. The van der Waals surface area contributed by atoms with Crippen molar-refractivity contribution in [2.75, 3.05) is 6.54 Å². The SMILES string of the molecule is C[C@@H](NC(=O)CCCN=C1NS(=O)(=O)c2ccccc21)c1ccc2c(c1)CCCC2. The number of amides is 1. The average molecular weight is 426 g/mol. The highest BCUT2D eigenvalue weighted by atomic mass is 32.2. The van der Waals surface area contributed by atoms with Crippen molar-refractivity contribution >= 4 is 21.8 Å². The summed E-state index contributed by atoms with van der Waals surface area (Å²) in [7, 11) is -3.52. The van der Waals surface area contributed by atoms with E-state index < -0.39 is 10.0 Å². The number of nitrogens with zero attached hydrogens (tertiary/aromatic N) is 1. The number of carbonyl (C=O) groups is 1. The van der Waals surface area contributed by atoms with Crippen molar-refractivity contribution in [2.45, 2.75) is 56.4 Å². The minimum atomic E-state index is -3.52. The first-order valence-corrected chi connectivity index (χ1v) is 12.0. The molecule has 2 aromatic rings. The summed E-state index contributed by atoms with van der Waals surface area (Å²) in [6.07, 6.45) is 5.67. The van der Waals surface area contributed by atoms with Crippen LogP contribution in [0.4, 0.5) is 0 Å². The van der Waals surface area contributed by atoms with Crippen molar-refractivity contribution in [1.29, 1.82) is 0 Å². The van der Waals surface area contributed by atoms with Crippen molar-refractivity contribution in [2.24, 2.45) is 4.99 Å². The topological polar surface area (TPSA) is 87.6 Å². The lowest BCUT2D eigenvalue weighted by molar-refractivity contribution is -0.121. The largest absolute Gasteiger partial charge is 0.350 e. The molecular weight excluding hydrogens is 398 g/mol. The minimum absolute atomic E-state index is 0.0205. The number of nitrogens with one attached hydrogen (secondary N) is 2. The van der Waals surface area contributed by atoms with Gasteiger partial charge in [0.1, 0.15) is 5.84 Å². The summed E-state index contributed by atoms with van der Waals surface area (Å²) >= 11 is 0. The second-order valence-corrected chi connectivity index (χ2v) is 9.61. The number of aliphatic imine (C=N–C) groups is 1. The van der Waals surface area contributed by atoms with Crippen LogP contribution in [-0.2, 0) is 27.7 Å². The molecule has 2 aliphatic rings. The molecule has 1 amide bonds. The second-order valence-electron chi connectivity index (χ2n) is 7.96. The predicted molar refractivity (Wildman–Crippen MR) is 117 cm³/mol. The van der Waals surface area contributed by atoms with Gasteiger partial charge < -0.3 is 5.32 Å². The molecule has 1 aliphatic carbocycles. The van der Waals surface area contributed by atoms with Crippen LogP contribution in [0.5, 0.6) is 0 Å². The Morgan fingerprint density at radius 2 is 1.90 bits per heavy atom. The van der Waals surface area contributed by atoms with E-state index in [9.17, 15) is 13.2 Å². The molecule has 30 heavy (non-hydrogen) atoms. The Morgan fingerprint density at radius 1 is 1.13 bits per heavy atom. The Labute approximate surface area is 177 Å². The van der Waals surface area contributed by atoms with Crippen molar-refractivity contribution < 1.29 is 13.2 Å². The Kier molecular flexibility index (Phi) is 5.90. The maximum absolute atomic E-state index is 12.3. The van der Waals surface area contributed by atoms with Gasteiger partial charge in [-0.2, -0.15) is 0 Å². The summed E-state index contributed by atoms with van der Waals surface area (Å²) in [5.74, 6) is 0.334. The number of carbonyl (C=O) groups excluding carboxylic acids is 1. The third-order valence-corrected chi connectivity index (χ3v) is 7.14. The lowest BCUT2D eigenvalue weighted by Crippen LogP contribution is -2.27. The molecule has 7 heteroatoms. The van der Waals surface area contributed by atoms with E-state index in [4.69, 9.17) is 0 Å². The van der Waals surface area contributed by atoms with Crippen molar-refractivity contribution in [3.63, 3.8) is 0 Å². The fourth-order valence-electron chi connectivity index (χ4n) is 4.10. The third-order valence-electron chi connectivity index (χ3n) is 5.74. The van der Waals surface area contributed by atoms with Crippen molar-refractivity contribution in [3.8, 4) is 0 Å². The fourth-order valence-corrected chi connectivity index (χ4v) is 5.35. The zero-order valence-corrected chi connectivity index (χ0v) is 18.0. The van der Waals surface area contributed by atoms with Crippen LogP contribution >= 0.6 is 0 Å². The number of amidine groups is 1. The molecule has 6 nitrogen and oxygen atoms in total. The summed E-state index contributed by atoms with van der Waals surface area (Å²) < 4.78 is 26.7. The number of rotatable bonds is 6. The van der Waals surface area contributed by atoms with E-state index in [1.807, 2.05) is 6.92 Å². The van der Waals surface area contributed by atoms with E-state index in [0.717, 1.165) is 18.4 Å². The van der Waals surface area contributed by atoms with Gasteiger partial charge in [-0.05, 0) is 67.9 Å². The normalized spacial score (nSPS) is 18.9. The Bertz CT molecular complexity index is 1090. The molecule has 0 aromatic heterocycles. The molecule has 0 unspecified atom stereocenters. The van der Waals surface area contributed by atoms with E-state index in [1.165, 1.54) is 24.0 Å². The van der Waals surface area contributed by atoms with E-state index in [-0.39, 0.29) is 16.8 Å². The number of fused-ring (bicyclic) bond motifs is 2. The van der Waals surface area contributed by atoms with E-state index >= 15 is 0 Å². The minimum Gasteiger partial charge on any atom is -0.350 e. The molecule has 1 heterocycles. The number of hydrogen-bond donors (Lipinski definition) is 2. The first kappa shape index (κ1) is 20.6. The van der Waals surface area contributed by atoms with Crippen LogP contribution in [0.3, 0.4) is 0 Å². The predicted octanol–water partition coefficient (Wildman–Crippen LogP) is 3.26. The lowest BCUT2D eigenvalue weighted by Gasteiger charge is -2.20. The second kappa shape index (κ2) is 8.60. The van der Waals surface area contributed by atoms with Gasteiger partial charge in [-0.1, -0.05) is 30.3 Å². The van der Waals surface area contributed by atoms with Crippen LogP contribution < -0.4 is 10.0 Å². The molecule has 0 radical (unpaired) electrons. The van der Waals surface area contributed by atoms with Crippen LogP contribution in [-0.4, -0.2) is 26.7 Å². The number of hydrogen-bond acceptors (Lipinski definition) is 4. The van der Waals surface area contributed by atoms with Gasteiger partial charge in [-0.3, -0.25) is 14.5 Å². The van der Waals surface area contributed by atoms with E-state index in [0.29, 0.717) is 30.8 Å². The van der Waals surface area contributed by atoms with Crippen LogP contribution in [0.25, 0.3) is 0 Å². The molecule has 2 N–H and O–H groups in total. The lowest BCUT2D eigenvalue weighted by atomic mass is 9.89. The van der Waals surface area contributed by atoms with Crippen LogP contribution in [0, 0.1) is 0 Å². The van der Waals surface area contributed by atoms with Crippen molar-refractivity contribution in [3.05, 3.63) is 64.7 Å². The van der Waals surface area contributed by atoms with Gasteiger partial charge in [0.2, 0.25) is 5.91 Å². The quantitative estimate of drug-likeness (QED) is 0.697. The molecular formula is C23H27N3O3S. The maximum atomic E-state index is 12.3. The van der Waals surface area contributed by atoms with Gasteiger partial charge in [0.25, 0.3) is 10.0 Å². The average Bonchev–Trinajstić information content (AvgIpc) is 3.01. The zero-order valence-electron chi connectivity index (χ0n) is 17.1. The Morgan fingerprint density at radius 3 is 2.73 bits per heavy atom. The molecule has 4 rings (SSSR count). The van der Waals surface area contributed by atoms with Gasteiger partial charge in [-0.15, -0.1) is 0 Å². The van der Waals surface area contributed by atoms with E-state index in [2.05, 4.69) is 33.2 Å². The molecule has 0 saturated heterocycles. The maximum Gasteiger partial charge on any atom is 0.263 e. The highest BCUT2D eigenvalue weighted by molar-refractivity contribution is 7.90. The molecule has 2 aromatic carbocycles. The number of sulfonamides is 1. The summed E-state index contributed by atoms with van der Waals surface area (Å²) in [6.45, 7) is 2.39. The summed E-state index contributed by atoms with van der Waals surface area (Å²) in [4.78, 5) is 17.0.